The molecule has 1 atom stereocenters. The van der Waals surface area contributed by atoms with Crippen molar-refractivity contribution in [3.05, 3.63) is 62.1 Å². The summed E-state index contributed by atoms with van der Waals surface area (Å²) in [6.45, 7) is -1.80. The van der Waals surface area contributed by atoms with Gasteiger partial charge >= 0.3 is 12.4 Å². The van der Waals surface area contributed by atoms with Crippen molar-refractivity contribution in [1.82, 2.24) is 4.98 Å². The zero-order valence-electron chi connectivity index (χ0n) is 13.2. The maximum atomic E-state index is 13.9. The number of nitrogens with zero attached hydrogens (tertiary/aromatic N) is 2. The minimum absolute atomic E-state index is 0.187. The molecule has 0 saturated heterocycles. The van der Waals surface area contributed by atoms with Gasteiger partial charge in [0.1, 0.15) is 0 Å². The first-order valence-electron chi connectivity index (χ1n) is 7.16. The minimum atomic E-state index is -5.36. The number of carbonyl (C=O) groups excluding carboxylic acids is 1. The van der Waals surface area contributed by atoms with Crippen LogP contribution in [0.1, 0.15) is 27.3 Å². The molecule has 27 heavy (non-hydrogen) atoms. The van der Waals surface area contributed by atoms with Gasteiger partial charge in [-0.25, -0.2) is 4.98 Å². The Morgan fingerprint density at radius 1 is 1.15 bits per heavy atom. The fourth-order valence-electron chi connectivity index (χ4n) is 2.53. The third kappa shape index (κ3) is 4.43. The van der Waals surface area contributed by atoms with E-state index in [0.717, 1.165) is 17.5 Å². The first-order chi connectivity index (χ1) is 12.4. The molecule has 1 aromatic carbocycles. The number of halogens is 6. The lowest BCUT2D eigenvalue weighted by atomic mass is 9.75. The average Bonchev–Trinajstić information content (AvgIpc) is 3.06. The van der Waals surface area contributed by atoms with Crippen LogP contribution in [0.4, 0.5) is 26.3 Å². The van der Waals surface area contributed by atoms with Crippen LogP contribution in [-0.2, 0) is 11.6 Å². The summed E-state index contributed by atoms with van der Waals surface area (Å²) >= 11 is 0.726. The van der Waals surface area contributed by atoms with E-state index < -0.39 is 52.6 Å². The molecule has 2 aromatic rings. The highest BCUT2D eigenvalue weighted by Crippen LogP contribution is 2.46. The fraction of sp³-hybridized carbons (Fsp3) is 0.333. The molecule has 0 aliphatic rings. The summed E-state index contributed by atoms with van der Waals surface area (Å²) in [4.78, 5) is 25.4. The van der Waals surface area contributed by atoms with Gasteiger partial charge < -0.3 is 0 Å². The molecule has 146 valence electrons. The van der Waals surface area contributed by atoms with E-state index in [2.05, 4.69) is 4.98 Å². The summed E-state index contributed by atoms with van der Waals surface area (Å²) in [6, 6.07) is 2.14. The van der Waals surface area contributed by atoms with Crippen LogP contribution in [0.2, 0.25) is 0 Å². The van der Waals surface area contributed by atoms with E-state index in [9.17, 15) is 41.3 Å². The Labute approximate surface area is 151 Å². The summed E-state index contributed by atoms with van der Waals surface area (Å²) in [5.74, 6) is -1.15. The summed E-state index contributed by atoms with van der Waals surface area (Å²) in [7, 11) is 0. The van der Waals surface area contributed by atoms with Crippen LogP contribution in [0.25, 0.3) is 0 Å². The van der Waals surface area contributed by atoms with Crippen molar-refractivity contribution in [3.8, 4) is 0 Å². The van der Waals surface area contributed by atoms with Crippen LogP contribution in [0.3, 0.4) is 0 Å². The number of alkyl halides is 6. The number of hydrogen-bond donors (Lipinski definition) is 0. The Morgan fingerprint density at radius 2 is 1.78 bits per heavy atom. The molecule has 1 heterocycles. The van der Waals surface area contributed by atoms with Crippen molar-refractivity contribution in [2.45, 2.75) is 24.2 Å². The zero-order valence-corrected chi connectivity index (χ0v) is 14.0. The number of carbonyl (C=O) groups is 1. The largest absolute Gasteiger partial charge is 0.416 e. The molecular weight excluding hydrogens is 402 g/mol. The number of nitro groups is 1. The third-order valence-electron chi connectivity index (χ3n) is 3.82. The minimum Gasteiger partial charge on any atom is -0.291 e. The van der Waals surface area contributed by atoms with Crippen LogP contribution in [0.15, 0.2) is 35.8 Å². The highest BCUT2D eigenvalue weighted by molar-refractivity contribution is 7.11. The molecule has 0 unspecified atom stereocenters. The van der Waals surface area contributed by atoms with E-state index in [1.54, 1.807) is 0 Å². The second-order valence-corrected chi connectivity index (χ2v) is 6.48. The Hall–Kier alpha value is -2.50. The number of Topliss-reactive ketones (excluding diaryl/α,β-unsaturated/α-hetero) is 1. The molecule has 0 bridgehead atoms. The van der Waals surface area contributed by atoms with Crippen molar-refractivity contribution < 1.29 is 36.1 Å². The summed E-state index contributed by atoms with van der Waals surface area (Å²) < 4.78 is 80.4. The van der Waals surface area contributed by atoms with Gasteiger partial charge in [0.15, 0.2) is 16.2 Å². The van der Waals surface area contributed by atoms with Gasteiger partial charge in [-0.1, -0.05) is 18.2 Å². The highest BCUT2D eigenvalue weighted by Gasteiger charge is 2.61. The molecule has 0 radical (unpaired) electrons. The van der Waals surface area contributed by atoms with Gasteiger partial charge in [-0.2, -0.15) is 26.3 Å². The highest BCUT2D eigenvalue weighted by atomic mass is 32.1. The van der Waals surface area contributed by atoms with Crippen molar-refractivity contribution >= 4 is 17.1 Å². The lowest BCUT2D eigenvalue weighted by Gasteiger charge is -2.32. The van der Waals surface area contributed by atoms with Crippen molar-refractivity contribution in [1.29, 1.82) is 0 Å². The summed E-state index contributed by atoms with van der Waals surface area (Å²) in [5.41, 5.74) is -5.84. The molecule has 0 N–H and O–H groups in total. The summed E-state index contributed by atoms with van der Waals surface area (Å²) in [5, 5.41) is 11.9. The van der Waals surface area contributed by atoms with E-state index in [1.807, 2.05) is 0 Å². The van der Waals surface area contributed by atoms with Crippen LogP contribution >= 0.6 is 11.3 Å². The molecule has 0 aliphatic heterocycles. The second-order valence-electron chi connectivity index (χ2n) is 5.59. The number of rotatable bonds is 6. The van der Waals surface area contributed by atoms with Gasteiger partial charge in [0, 0.05) is 22.9 Å². The predicted molar refractivity (Wildman–Crippen MR) is 82.1 cm³/mol. The van der Waals surface area contributed by atoms with Crippen molar-refractivity contribution in [2.24, 2.45) is 0 Å². The van der Waals surface area contributed by atoms with Crippen LogP contribution in [0.5, 0.6) is 0 Å². The normalized spacial score (nSPS) is 14.6. The second kappa shape index (κ2) is 7.25. The SMILES string of the molecule is O=C(C[C@@](C[N+](=O)[O-])(c1cccc(C(F)(F)F)c1)C(F)(F)F)c1nccs1. The molecule has 5 nitrogen and oxygen atoms in total. The average molecular weight is 412 g/mol. The quantitative estimate of drug-likeness (QED) is 0.303. The maximum Gasteiger partial charge on any atom is 0.416 e. The molecule has 0 spiro atoms. The summed E-state index contributed by atoms with van der Waals surface area (Å²) in [6.07, 6.45) is -10.6. The Kier molecular flexibility index (Phi) is 5.59. The van der Waals surface area contributed by atoms with Gasteiger partial charge in [-0.3, -0.25) is 14.9 Å². The Morgan fingerprint density at radius 3 is 2.26 bits per heavy atom. The molecule has 2 rings (SSSR count). The standard InChI is InChI=1S/C15H10F6N2O3S/c16-14(17,18)10-3-1-2-9(6-10)13(8-23(25)26,15(19,20)21)7-11(24)12-22-4-5-27-12/h1-6H,7-8H2/t13-/m1/s1. The van der Waals surface area contributed by atoms with Gasteiger partial charge in [-0.15, -0.1) is 11.3 Å². The van der Waals surface area contributed by atoms with Gasteiger partial charge in [0.05, 0.1) is 5.56 Å². The molecular formula is C15H10F6N2O3S. The number of benzene rings is 1. The van der Waals surface area contributed by atoms with Crippen LogP contribution < -0.4 is 0 Å². The topological polar surface area (TPSA) is 73.1 Å². The van der Waals surface area contributed by atoms with E-state index >= 15 is 0 Å². The Bertz CT molecular complexity index is 835. The molecule has 0 aliphatic carbocycles. The Balaban J connectivity index is 2.64. The smallest absolute Gasteiger partial charge is 0.291 e. The van der Waals surface area contributed by atoms with E-state index in [1.165, 1.54) is 5.38 Å². The van der Waals surface area contributed by atoms with E-state index in [0.29, 0.717) is 18.2 Å². The lowest BCUT2D eigenvalue weighted by Crippen LogP contribution is -2.49. The van der Waals surface area contributed by atoms with E-state index in [4.69, 9.17) is 0 Å². The van der Waals surface area contributed by atoms with Crippen molar-refractivity contribution in [2.75, 3.05) is 6.54 Å². The van der Waals surface area contributed by atoms with Crippen LogP contribution in [-0.4, -0.2) is 28.4 Å². The molecule has 1 aromatic heterocycles. The van der Waals surface area contributed by atoms with Gasteiger partial charge in [0.25, 0.3) is 0 Å². The first kappa shape index (κ1) is 20.8. The number of thiazole rings is 1. The number of aromatic nitrogens is 1. The third-order valence-corrected chi connectivity index (χ3v) is 4.63. The number of hydrogen-bond acceptors (Lipinski definition) is 5. The van der Waals surface area contributed by atoms with Gasteiger partial charge in [0.2, 0.25) is 6.54 Å². The van der Waals surface area contributed by atoms with Crippen molar-refractivity contribution in [3.63, 3.8) is 0 Å². The lowest BCUT2D eigenvalue weighted by molar-refractivity contribution is -0.501. The fourth-order valence-corrected chi connectivity index (χ4v) is 3.10. The van der Waals surface area contributed by atoms with E-state index in [-0.39, 0.29) is 11.1 Å². The zero-order chi connectivity index (χ0) is 20.5. The monoisotopic (exact) mass is 412 g/mol. The first-order valence-corrected chi connectivity index (χ1v) is 8.04. The maximum absolute atomic E-state index is 13.9. The number of ketones is 1. The molecule has 12 heteroatoms. The predicted octanol–water partition coefficient (Wildman–Crippen LogP) is 4.51. The molecule has 0 amide bonds. The van der Waals surface area contributed by atoms with Crippen LogP contribution in [0, 0.1) is 10.1 Å². The van der Waals surface area contributed by atoms with Gasteiger partial charge in [-0.05, 0) is 11.6 Å². The molecule has 0 fully saturated rings. The molecule has 0 saturated carbocycles.